The second kappa shape index (κ2) is 7.21. The number of rotatable bonds is 8. The molecule has 0 aromatic carbocycles. The van der Waals surface area contributed by atoms with Crippen LogP contribution in [0.25, 0.3) is 0 Å². The van der Waals surface area contributed by atoms with Gasteiger partial charge in [0.25, 0.3) is 0 Å². The van der Waals surface area contributed by atoms with E-state index in [0.29, 0.717) is 12.5 Å². The summed E-state index contributed by atoms with van der Waals surface area (Å²) in [6, 6.07) is 0.283. The van der Waals surface area contributed by atoms with Crippen LogP contribution in [0.4, 0.5) is 0 Å². The Morgan fingerprint density at radius 2 is 1.96 bits per heavy atom. The van der Waals surface area contributed by atoms with Crippen LogP contribution in [0, 0.1) is 11.8 Å². The van der Waals surface area contributed by atoms with Crippen molar-refractivity contribution >= 4 is 5.91 Å². The molecule has 1 aliphatic heterocycles. The highest BCUT2D eigenvalue weighted by molar-refractivity contribution is 5.77. The normalized spacial score (nSPS) is 22.1. The lowest BCUT2D eigenvalue weighted by Gasteiger charge is -2.39. The molecule has 2 heterocycles. The van der Waals surface area contributed by atoms with Gasteiger partial charge in [0.2, 0.25) is 5.91 Å². The summed E-state index contributed by atoms with van der Waals surface area (Å²) in [7, 11) is 0. The fraction of sp³-hybridized carbons (Fsp3) is 0.833. The van der Waals surface area contributed by atoms with E-state index >= 15 is 0 Å². The monoisotopic (exact) mass is 332 g/mol. The van der Waals surface area contributed by atoms with Crippen LogP contribution in [0.2, 0.25) is 0 Å². The first-order chi connectivity index (χ1) is 11.8. The Labute approximate surface area is 143 Å². The molecule has 0 spiro atoms. The molecule has 1 amide bonds. The minimum atomic E-state index is 0.283. The molecule has 0 N–H and O–H groups in total. The average molecular weight is 332 g/mol. The van der Waals surface area contributed by atoms with Crippen LogP contribution in [0.3, 0.4) is 0 Å². The van der Waals surface area contributed by atoms with Gasteiger partial charge in [0.15, 0.2) is 0 Å². The zero-order valence-electron chi connectivity index (χ0n) is 14.4. The summed E-state index contributed by atoms with van der Waals surface area (Å²) in [4.78, 5) is 14.2. The highest BCUT2D eigenvalue weighted by Crippen LogP contribution is 2.30. The van der Waals surface area contributed by atoms with Crippen molar-refractivity contribution in [1.29, 1.82) is 0 Å². The van der Waals surface area contributed by atoms with E-state index in [1.807, 2.05) is 15.8 Å². The van der Waals surface area contributed by atoms with Gasteiger partial charge in [-0.15, -0.1) is 5.10 Å². The Bertz CT molecular complexity index is 557. The third-order valence-electron chi connectivity index (χ3n) is 5.69. The van der Waals surface area contributed by atoms with Gasteiger partial charge < -0.3 is 9.64 Å². The molecule has 1 saturated heterocycles. The van der Waals surface area contributed by atoms with E-state index < -0.39 is 0 Å². The van der Waals surface area contributed by atoms with E-state index in [9.17, 15) is 4.79 Å². The maximum absolute atomic E-state index is 12.2. The smallest absolute Gasteiger partial charge is 0.222 e. The van der Waals surface area contributed by atoms with Crippen LogP contribution < -0.4 is 0 Å². The molecule has 0 unspecified atom stereocenters. The van der Waals surface area contributed by atoms with Crippen LogP contribution >= 0.6 is 0 Å². The quantitative estimate of drug-likeness (QED) is 0.734. The standard InChI is InChI=1S/C18H28N4O2/c23-18(8-7-14-3-1-2-4-14)21-10-17(11-21)22-9-16(19-20-22)13-24-12-15-5-6-15/h9,14-15,17H,1-8,10-13H2. The number of amides is 1. The van der Waals surface area contributed by atoms with E-state index in [1.165, 1.54) is 38.5 Å². The van der Waals surface area contributed by atoms with Gasteiger partial charge in [-0.2, -0.15) is 0 Å². The topological polar surface area (TPSA) is 60.2 Å². The first-order valence-corrected chi connectivity index (χ1v) is 9.54. The predicted octanol–water partition coefficient (Wildman–Crippen LogP) is 2.56. The third kappa shape index (κ3) is 3.97. The Balaban J connectivity index is 1.16. The molecule has 132 valence electrons. The SMILES string of the molecule is O=C(CCC1CCCC1)N1CC(n2cc(COCC3CC3)nn2)C1. The fourth-order valence-electron chi connectivity index (χ4n) is 3.78. The second-order valence-corrected chi connectivity index (χ2v) is 7.79. The van der Waals surface area contributed by atoms with Crippen molar-refractivity contribution in [2.75, 3.05) is 19.7 Å². The Hall–Kier alpha value is -1.43. The molecule has 1 aromatic heterocycles. The molecule has 24 heavy (non-hydrogen) atoms. The van der Waals surface area contributed by atoms with Gasteiger partial charge in [-0.25, -0.2) is 4.68 Å². The first-order valence-electron chi connectivity index (χ1n) is 9.54. The van der Waals surface area contributed by atoms with Crippen molar-refractivity contribution in [3.05, 3.63) is 11.9 Å². The van der Waals surface area contributed by atoms with Gasteiger partial charge in [-0.3, -0.25) is 4.79 Å². The summed E-state index contributed by atoms with van der Waals surface area (Å²) >= 11 is 0. The molecule has 2 saturated carbocycles. The van der Waals surface area contributed by atoms with Crippen molar-refractivity contribution < 1.29 is 9.53 Å². The van der Waals surface area contributed by atoms with E-state index in [2.05, 4.69) is 10.3 Å². The van der Waals surface area contributed by atoms with Crippen LogP contribution in [0.1, 0.15) is 63.1 Å². The molecular weight excluding hydrogens is 304 g/mol. The number of nitrogens with zero attached hydrogens (tertiary/aromatic N) is 4. The molecule has 6 heteroatoms. The molecule has 0 radical (unpaired) electrons. The van der Waals surface area contributed by atoms with E-state index in [1.54, 1.807) is 0 Å². The Morgan fingerprint density at radius 1 is 1.17 bits per heavy atom. The Kier molecular flexibility index (Phi) is 4.83. The van der Waals surface area contributed by atoms with Gasteiger partial charge in [-0.1, -0.05) is 30.9 Å². The summed E-state index contributed by atoms with van der Waals surface area (Å²) < 4.78 is 7.55. The molecule has 4 rings (SSSR count). The Morgan fingerprint density at radius 3 is 2.71 bits per heavy atom. The van der Waals surface area contributed by atoms with E-state index in [4.69, 9.17) is 4.74 Å². The van der Waals surface area contributed by atoms with Gasteiger partial charge in [0, 0.05) is 26.1 Å². The lowest BCUT2D eigenvalue weighted by atomic mass is 10.00. The molecule has 3 aliphatic rings. The average Bonchev–Trinajstić information content (AvgIpc) is 3.01. The van der Waals surface area contributed by atoms with Crippen molar-refractivity contribution in [3.8, 4) is 0 Å². The van der Waals surface area contributed by atoms with Gasteiger partial charge in [0.05, 0.1) is 18.8 Å². The summed E-state index contributed by atoms with van der Waals surface area (Å²) in [5.41, 5.74) is 0.890. The van der Waals surface area contributed by atoms with Crippen LogP contribution in [0.15, 0.2) is 6.20 Å². The second-order valence-electron chi connectivity index (χ2n) is 7.79. The van der Waals surface area contributed by atoms with Gasteiger partial charge in [-0.05, 0) is 31.1 Å². The molecular formula is C18H28N4O2. The zero-order valence-corrected chi connectivity index (χ0v) is 14.4. The highest BCUT2D eigenvalue weighted by Gasteiger charge is 2.33. The van der Waals surface area contributed by atoms with Gasteiger partial charge in [0.1, 0.15) is 5.69 Å². The maximum atomic E-state index is 12.2. The summed E-state index contributed by atoms with van der Waals surface area (Å²) in [5.74, 6) is 1.88. The minimum absolute atomic E-state index is 0.283. The number of carbonyl (C=O) groups is 1. The van der Waals surface area contributed by atoms with Gasteiger partial charge >= 0.3 is 0 Å². The summed E-state index contributed by atoms with van der Waals surface area (Å²) in [6.45, 7) is 2.94. The number of carbonyl (C=O) groups excluding carboxylic acids is 1. The molecule has 6 nitrogen and oxygen atoms in total. The maximum Gasteiger partial charge on any atom is 0.222 e. The van der Waals surface area contributed by atoms with Crippen LogP contribution in [0.5, 0.6) is 0 Å². The molecule has 2 aliphatic carbocycles. The molecule has 0 bridgehead atoms. The lowest BCUT2D eigenvalue weighted by Crippen LogP contribution is -2.50. The molecule has 3 fully saturated rings. The largest absolute Gasteiger partial charge is 0.375 e. The summed E-state index contributed by atoms with van der Waals surface area (Å²) in [6.07, 6.45) is 11.7. The van der Waals surface area contributed by atoms with Crippen molar-refractivity contribution in [2.24, 2.45) is 11.8 Å². The van der Waals surface area contributed by atoms with Crippen LogP contribution in [-0.4, -0.2) is 45.5 Å². The zero-order chi connectivity index (χ0) is 16.4. The highest BCUT2D eigenvalue weighted by atomic mass is 16.5. The van der Waals surface area contributed by atoms with Crippen molar-refractivity contribution in [1.82, 2.24) is 19.9 Å². The lowest BCUT2D eigenvalue weighted by molar-refractivity contribution is -0.137. The van der Waals surface area contributed by atoms with E-state index in [0.717, 1.165) is 50.1 Å². The number of ether oxygens (including phenoxy) is 1. The molecule has 0 atom stereocenters. The fourth-order valence-corrected chi connectivity index (χ4v) is 3.78. The first kappa shape index (κ1) is 16.1. The third-order valence-corrected chi connectivity index (χ3v) is 5.69. The summed E-state index contributed by atoms with van der Waals surface area (Å²) in [5, 5.41) is 8.38. The van der Waals surface area contributed by atoms with E-state index in [-0.39, 0.29) is 6.04 Å². The minimum Gasteiger partial charge on any atom is -0.375 e. The van der Waals surface area contributed by atoms with Crippen molar-refractivity contribution in [2.45, 2.75) is 64.0 Å². The number of aromatic nitrogens is 3. The number of hydrogen-bond acceptors (Lipinski definition) is 4. The predicted molar refractivity (Wildman–Crippen MR) is 89.2 cm³/mol. The van der Waals surface area contributed by atoms with Crippen LogP contribution in [-0.2, 0) is 16.1 Å². The number of hydrogen-bond donors (Lipinski definition) is 0. The number of likely N-dealkylation sites (tertiary alicyclic amines) is 1. The van der Waals surface area contributed by atoms with Crippen molar-refractivity contribution in [3.63, 3.8) is 0 Å². The molecule has 1 aromatic rings.